The SMILES string of the molecule is CC(=O)C[SH+]CCl.[Cl-]. The molecule has 0 amide bonds. The summed E-state index contributed by atoms with van der Waals surface area (Å²) >= 11 is 6.30. The van der Waals surface area contributed by atoms with Crippen molar-refractivity contribution in [2.24, 2.45) is 0 Å². The zero-order chi connectivity index (χ0) is 5.70. The van der Waals surface area contributed by atoms with Crippen LogP contribution in [0.1, 0.15) is 6.92 Å². The molecule has 8 heavy (non-hydrogen) atoms. The first kappa shape index (κ1) is 11.4. The van der Waals surface area contributed by atoms with Gasteiger partial charge in [-0.15, -0.1) is 0 Å². The number of hydrogen-bond donors (Lipinski definition) is 0. The summed E-state index contributed by atoms with van der Waals surface area (Å²) < 4.78 is 0. The van der Waals surface area contributed by atoms with E-state index < -0.39 is 0 Å². The highest BCUT2D eigenvalue weighted by atomic mass is 35.5. The molecule has 0 heterocycles. The largest absolute Gasteiger partial charge is 1.00 e. The maximum absolute atomic E-state index is 10.1. The van der Waals surface area contributed by atoms with Gasteiger partial charge in [0.15, 0.2) is 16.7 Å². The molecule has 0 aromatic heterocycles. The number of carbonyl (C=O) groups excluding carboxylic acids is 1. The lowest BCUT2D eigenvalue weighted by Gasteiger charge is -1.77. The molecule has 0 aromatic carbocycles. The average molecular weight is 175 g/mol. The predicted molar refractivity (Wildman–Crippen MR) is 35.0 cm³/mol. The van der Waals surface area contributed by atoms with Crippen LogP contribution >= 0.6 is 11.6 Å². The molecule has 0 aliphatic heterocycles. The lowest BCUT2D eigenvalue weighted by molar-refractivity contribution is -0.114. The normalized spacial score (nSPS) is 7.75. The van der Waals surface area contributed by atoms with Crippen LogP contribution in [-0.2, 0) is 16.6 Å². The van der Waals surface area contributed by atoms with Crippen molar-refractivity contribution in [2.45, 2.75) is 6.92 Å². The van der Waals surface area contributed by atoms with E-state index in [0.29, 0.717) is 11.0 Å². The van der Waals surface area contributed by atoms with E-state index in [1.807, 2.05) is 0 Å². The molecule has 0 atom stereocenters. The molecule has 0 unspecified atom stereocenters. The van der Waals surface area contributed by atoms with E-state index in [2.05, 4.69) is 0 Å². The zero-order valence-corrected chi connectivity index (χ0v) is 6.93. The molecule has 0 fully saturated rings. The minimum Gasteiger partial charge on any atom is -1.00 e. The molecule has 0 rings (SSSR count). The molecule has 0 spiro atoms. The Morgan fingerprint density at radius 1 is 1.75 bits per heavy atom. The Balaban J connectivity index is 0. The number of halogens is 2. The Morgan fingerprint density at radius 2 is 2.25 bits per heavy atom. The van der Waals surface area contributed by atoms with E-state index in [-0.39, 0.29) is 18.2 Å². The van der Waals surface area contributed by atoms with Crippen LogP contribution in [0.4, 0.5) is 0 Å². The molecule has 1 nitrogen and oxygen atoms in total. The minimum absolute atomic E-state index is 0. The number of carbonyl (C=O) groups is 1. The van der Waals surface area contributed by atoms with Crippen molar-refractivity contribution in [3.05, 3.63) is 0 Å². The lowest BCUT2D eigenvalue weighted by atomic mass is 10.5. The summed E-state index contributed by atoms with van der Waals surface area (Å²) in [5.41, 5.74) is 0. The molecule has 0 bridgehead atoms. The second-order valence-corrected chi connectivity index (χ2v) is 2.92. The van der Waals surface area contributed by atoms with Gasteiger partial charge in [-0.2, -0.15) is 0 Å². The third-order valence-corrected chi connectivity index (χ3v) is 1.76. The summed E-state index contributed by atoms with van der Waals surface area (Å²) in [4.78, 5) is 10.1. The predicted octanol–water partition coefficient (Wildman–Crippen LogP) is -2.41. The third-order valence-electron chi connectivity index (χ3n) is 0.419. The van der Waals surface area contributed by atoms with Crippen molar-refractivity contribution >= 4 is 29.1 Å². The van der Waals surface area contributed by atoms with Crippen LogP contribution in [0.3, 0.4) is 0 Å². The van der Waals surface area contributed by atoms with E-state index in [4.69, 9.17) is 11.6 Å². The molecular formula is C4H8Cl2OS. The highest BCUT2D eigenvalue weighted by Gasteiger charge is 1.96. The van der Waals surface area contributed by atoms with Crippen LogP contribution in [0, 0.1) is 0 Å². The van der Waals surface area contributed by atoms with Gasteiger partial charge in [0, 0.05) is 0 Å². The summed E-state index contributed by atoms with van der Waals surface area (Å²) in [7, 11) is 0. The first-order valence-electron chi connectivity index (χ1n) is 1.96. The molecular weight excluding hydrogens is 167 g/mol. The topological polar surface area (TPSA) is 17.1 Å². The highest BCUT2D eigenvalue weighted by molar-refractivity contribution is 7.80. The molecule has 0 aliphatic carbocycles. The van der Waals surface area contributed by atoms with Gasteiger partial charge in [-0.25, -0.2) is 0 Å². The van der Waals surface area contributed by atoms with Crippen LogP contribution in [0.5, 0.6) is 0 Å². The standard InChI is InChI=1S/C4H7ClOS.ClH/c1-4(6)2-7-3-5;/h2-3H2,1H3;1H. The maximum atomic E-state index is 10.1. The van der Waals surface area contributed by atoms with E-state index in [1.54, 1.807) is 6.92 Å². The number of rotatable bonds is 3. The highest BCUT2D eigenvalue weighted by Crippen LogP contribution is 1.79. The van der Waals surface area contributed by atoms with Crippen molar-refractivity contribution in [3.8, 4) is 0 Å². The Bertz CT molecular complexity index is 67.1. The Kier molecular flexibility index (Phi) is 10.8. The van der Waals surface area contributed by atoms with Gasteiger partial charge in [0.05, 0.1) is 0 Å². The quantitative estimate of drug-likeness (QED) is 0.265. The lowest BCUT2D eigenvalue weighted by Crippen LogP contribution is -3.00. The average Bonchev–Trinajstić information content (AvgIpc) is 1.61. The summed E-state index contributed by atoms with van der Waals surface area (Å²) in [5.74, 6) is 0.811. The van der Waals surface area contributed by atoms with E-state index >= 15 is 0 Å². The number of hydrogen-bond acceptors (Lipinski definition) is 1. The second-order valence-electron chi connectivity index (χ2n) is 1.20. The van der Waals surface area contributed by atoms with Crippen molar-refractivity contribution in [2.75, 3.05) is 11.0 Å². The van der Waals surface area contributed by atoms with Gasteiger partial charge in [-0.1, -0.05) is 11.6 Å². The molecule has 0 radical (unpaired) electrons. The van der Waals surface area contributed by atoms with Crippen molar-refractivity contribution < 1.29 is 17.2 Å². The van der Waals surface area contributed by atoms with E-state index in [9.17, 15) is 4.79 Å². The van der Waals surface area contributed by atoms with E-state index in [0.717, 1.165) is 11.8 Å². The van der Waals surface area contributed by atoms with Crippen LogP contribution in [0.15, 0.2) is 0 Å². The first-order valence-corrected chi connectivity index (χ1v) is 3.76. The van der Waals surface area contributed by atoms with Gasteiger partial charge in [0.25, 0.3) is 0 Å². The Labute approximate surface area is 64.6 Å². The van der Waals surface area contributed by atoms with Gasteiger partial charge < -0.3 is 12.4 Å². The molecule has 0 aromatic rings. The summed E-state index contributed by atoms with van der Waals surface area (Å²) in [6.45, 7) is 1.57. The smallest absolute Gasteiger partial charge is 0.179 e. The Morgan fingerprint density at radius 3 is 2.38 bits per heavy atom. The Hall–Kier alpha value is 0.600. The fraction of sp³-hybridized carbons (Fsp3) is 0.750. The van der Waals surface area contributed by atoms with Gasteiger partial charge >= 0.3 is 0 Å². The molecule has 50 valence electrons. The first-order chi connectivity index (χ1) is 3.27. The molecule has 0 N–H and O–H groups in total. The maximum Gasteiger partial charge on any atom is 0.179 e. The van der Waals surface area contributed by atoms with Gasteiger partial charge in [0.1, 0.15) is 0 Å². The van der Waals surface area contributed by atoms with Crippen molar-refractivity contribution in [1.29, 1.82) is 0 Å². The van der Waals surface area contributed by atoms with Gasteiger partial charge in [-0.05, 0) is 18.7 Å². The van der Waals surface area contributed by atoms with Crippen molar-refractivity contribution in [3.63, 3.8) is 0 Å². The number of alkyl halides is 1. The summed E-state index contributed by atoms with van der Waals surface area (Å²) in [5, 5.41) is 0.569. The minimum atomic E-state index is 0. The van der Waals surface area contributed by atoms with Gasteiger partial charge in [0.2, 0.25) is 0 Å². The van der Waals surface area contributed by atoms with Crippen LogP contribution < -0.4 is 12.4 Å². The summed E-state index contributed by atoms with van der Waals surface area (Å²) in [6.07, 6.45) is 0. The fourth-order valence-electron chi connectivity index (χ4n) is 0.200. The van der Waals surface area contributed by atoms with Crippen molar-refractivity contribution in [1.82, 2.24) is 0 Å². The molecule has 0 saturated heterocycles. The van der Waals surface area contributed by atoms with E-state index in [1.165, 1.54) is 0 Å². The fourth-order valence-corrected chi connectivity index (χ4v) is 0.853. The van der Waals surface area contributed by atoms with Crippen LogP contribution in [0.25, 0.3) is 0 Å². The number of thiol groups is 1. The van der Waals surface area contributed by atoms with Gasteiger partial charge in [-0.3, -0.25) is 4.79 Å². The van der Waals surface area contributed by atoms with Crippen LogP contribution in [0.2, 0.25) is 0 Å². The monoisotopic (exact) mass is 174 g/mol. The molecule has 0 saturated carbocycles. The zero-order valence-electron chi connectivity index (χ0n) is 4.53. The molecule has 4 heteroatoms. The number of ketones is 1. The third kappa shape index (κ3) is 9.78. The number of Topliss-reactive ketones (excluding diaryl/α,β-unsaturated/α-hetero) is 1. The summed E-state index contributed by atoms with van der Waals surface area (Å²) in [6, 6.07) is 0. The van der Waals surface area contributed by atoms with Crippen LogP contribution in [-0.4, -0.2) is 16.7 Å². The molecule has 0 aliphatic rings. The second kappa shape index (κ2) is 7.60.